The van der Waals surface area contributed by atoms with Crippen molar-refractivity contribution in [2.24, 2.45) is 52.3 Å². The summed E-state index contributed by atoms with van der Waals surface area (Å²) in [6.07, 6.45) is 13.4. The minimum Gasteiger partial charge on any atom is -0.463 e. The standard InChI is InChI=1S/C30H49NO3/c1-18-9-14-30(31(6)17-18)19(2)27-26(34-30)16-25-23-8-7-21-15-22(33-20(3)32)10-12-28(21,4)24(23)11-13-29(25,27)5/h18-19,21-27H,7-17H2,1-6H3. The van der Waals surface area contributed by atoms with Gasteiger partial charge < -0.3 is 9.47 Å². The molecule has 1 spiro atoms. The molecular weight excluding hydrogens is 422 g/mol. The van der Waals surface area contributed by atoms with Gasteiger partial charge in [-0.2, -0.15) is 0 Å². The Bertz CT molecular complexity index is 830. The van der Waals surface area contributed by atoms with Crippen molar-refractivity contribution in [2.45, 2.75) is 117 Å². The molecule has 2 aliphatic heterocycles. The van der Waals surface area contributed by atoms with E-state index in [-0.39, 0.29) is 17.8 Å². The molecule has 6 fully saturated rings. The average Bonchev–Trinajstić information content (AvgIpc) is 3.22. The van der Waals surface area contributed by atoms with E-state index >= 15 is 0 Å². The SMILES string of the molecule is CC(=O)OC1CCC2(C)C(CCC3C2CCC2(C)C3CC3OC4(CCC(C)CN4C)C(C)C32)C1. The van der Waals surface area contributed by atoms with E-state index < -0.39 is 0 Å². The third kappa shape index (κ3) is 3.19. The highest BCUT2D eigenvalue weighted by Crippen LogP contribution is 2.71. The first-order chi connectivity index (χ1) is 16.1. The second-order valence-corrected chi connectivity index (χ2v) is 14.3. The molecule has 6 aliphatic rings. The fourth-order valence-corrected chi connectivity index (χ4v) is 11.3. The number of fused-ring (bicyclic) bond motifs is 7. The van der Waals surface area contributed by atoms with Crippen LogP contribution in [0.15, 0.2) is 0 Å². The van der Waals surface area contributed by atoms with Gasteiger partial charge in [0.25, 0.3) is 0 Å². The Morgan fingerprint density at radius 2 is 1.71 bits per heavy atom. The van der Waals surface area contributed by atoms with E-state index in [1.807, 2.05) is 0 Å². The maximum Gasteiger partial charge on any atom is 0.302 e. The normalized spacial score (nSPS) is 56.9. The Morgan fingerprint density at radius 3 is 2.44 bits per heavy atom. The van der Waals surface area contributed by atoms with E-state index in [9.17, 15) is 4.79 Å². The monoisotopic (exact) mass is 471 g/mol. The van der Waals surface area contributed by atoms with Crippen molar-refractivity contribution in [1.82, 2.24) is 4.90 Å². The predicted molar refractivity (Wildman–Crippen MR) is 134 cm³/mol. The molecule has 192 valence electrons. The van der Waals surface area contributed by atoms with Crippen LogP contribution >= 0.6 is 0 Å². The predicted octanol–water partition coefficient (Wildman–Crippen LogP) is 6.28. The summed E-state index contributed by atoms with van der Waals surface area (Å²) in [5.41, 5.74) is 0.869. The van der Waals surface area contributed by atoms with Crippen molar-refractivity contribution in [3.8, 4) is 0 Å². The quantitative estimate of drug-likeness (QED) is 0.422. The zero-order valence-corrected chi connectivity index (χ0v) is 22.6. The summed E-state index contributed by atoms with van der Waals surface area (Å²) in [6, 6.07) is 0. The lowest BCUT2D eigenvalue weighted by atomic mass is 9.44. The maximum atomic E-state index is 11.6. The second kappa shape index (κ2) is 7.94. The Labute approximate surface area is 207 Å². The molecule has 0 N–H and O–H groups in total. The van der Waals surface area contributed by atoms with E-state index in [0.29, 0.717) is 22.9 Å². The molecular formula is C30H49NO3. The van der Waals surface area contributed by atoms with E-state index in [1.54, 1.807) is 6.92 Å². The van der Waals surface area contributed by atoms with Crippen LogP contribution in [0, 0.1) is 52.3 Å². The molecule has 2 saturated heterocycles. The molecule has 4 aliphatic carbocycles. The van der Waals surface area contributed by atoms with Crippen LogP contribution in [0.25, 0.3) is 0 Å². The number of carbonyl (C=O) groups excluding carboxylic acids is 1. The molecule has 4 heteroatoms. The smallest absolute Gasteiger partial charge is 0.302 e. The molecule has 12 unspecified atom stereocenters. The highest BCUT2D eigenvalue weighted by Gasteiger charge is 2.69. The molecule has 0 amide bonds. The first-order valence-corrected chi connectivity index (χ1v) is 14.6. The molecule has 0 radical (unpaired) electrons. The third-order valence-electron chi connectivity index (χ3n) is 12.9. The van der Waals surface area contributed by atoms with Gasteiger partial charge in [0.05, 0.1) is 6.10 Å². The van der Waals surface area contributed by atoms with E-state index in [0.717, 1.165) is 48.3 Å². The lowest BCUT2D eigenvalue weighted by molar-refractivity contribution is -0.189. The molecule has 0 aromatic heterocycles. The minimum atomic E-state index is -0.0989. The van der Waals surface area contributed by atoms with Crippen LogP contribution in [0.2, 0.25) is 0 Å². The molecule has 0 bridgehead atoms. The van der Waals surface area contributed by atoms with Gasteiger partial charge in [-0.1, -0.05) is 27.7 Å². The summed E-state index contributed by atoms with van der Waals surface area (Å²) in [7, 11) is 2.33. The van der Waals surface area contributed by atoms with Crippen LogP contribution in [-0.4, -0.2) is 42.4 Å². The van der Waals surface area contributed by atoms with Crippen molar-refractivity contribution >= 4 is 5.97 Å². The van der Waals surface area contributed by atoms with Gasteiger partial charge in [0, 0.05) is 19.4 Å². The van der Waals surface area contributed by atoms with Gasteiger partial charge >= 0.3 is 5.97 Å². The van der Waals surface area contributed by atoms with Crippen molar-refractivity contribution < 1.29 is 14.3 Å². The second-order valence-electron chi connectivity index (χ2n) is 14.3. The highest BCUT2D eigenvalue weighted by molar-refractivity contribution is 5.66. The number of esters is 1. The van der Waals surface area contributed by atoms with Crippen molar-refractivity contribution in [3.05, 3.63) is 0 Å². The van der Waals surface area contributed by atoms with Gasteiger partial charge in [-0.3, -0.25) is 9.69 Å². The van der Waals surface area contributed by atoms with Crippen LogP contribution in [0.4, 0.5) is 0 Å². The first-order valence-electron chi connectivity index (χ1n) is 14.6. The maximum absolute atomic E-state index is 11.6. The van der Waals surface area contributed by atoms with Crippen molar-refractivity contribution in [3.63, 3.8) is 0 Å². The number of nitrogens with zero attached hydrogens (tertiary/aromatic N) is 1. The number of hydrogen-bond acceptors (Lipinski definition) is 4. The van der Waals surface area contributed by atoms with E-state index in [4.69, 9.17) is 9.47 Å². The Kier molecular flexibility index (Phi) is 5.55. The van der Waals surface area contributed by atoms with Crippen LogP contribution < -0.4 is 0 Å². The summed E-state index contributed by atoms with van der Waals surface area (Å²) < 4.78 is 12.9. The van der Waals surface area contributed by atoms with E-state index in [1.165, 1.54) is 57.9 Å². The Balaban J connectivity index is 1.22. The van der Waals surface area contributed by atoms with Crippen LogP contribution in [0.5, 0.6) is 0 Å². The largest absolute Gasteiger partial charge is 0.463 e. The van der Waals surface area contributed by atoms with Gasteiger partial charge in [-0.05, 0) is 118 Å². The zero-order valence-electron chi connectivity index (χ0n) is 22.6. The average molecular weight is 472 g/mol. The van der Waals surface area contributed by atoms with Gasteiger partial charge in [0.2, 0.25) is 0 Å². The lowest BCUT2D eigenvalue weighted by Gasteiger charge is -2.61. The molecule has 6 rings (SSSR count). The topological polar surface area (TPSA) is 38.8 Å². The summed E-state index contributed by atoms with van der Waals surface area (Å²) >= 11 is 0. The molecule has 4 saturated carbocycles. The number of rotatable bonds is 1. The summed E-state index contributed by atoms with van der Waals surface area (Å²) in [5, 5.41) is 0. The minimum absolute atomic E-state index is 0.00853. The number of carbonyl (C=O) groups is 1. The first kappa shape index (κ1) is 23.8. The summed E-state index contributed by atoms with van der Waals surface area (Å²) in [5.74, 6) is 5.32. The van der Waals surface area contributed by atoms with Gasteiger partial charge in [0.15, 0.2) is 0 Å². The zero-order chi connectivity index (χ0) is 24.0. The third-order valence-corrected chi connectivity index (χ3v) is 12.9. The molecule has 2 heterocycles. The Morgan fingerprint density at radius 1 is 0.941 bits per heavy atom. The van der Waals surface area contributed by atoms with Gasteiger partial charge in [-0.15, -0.1) is 0 Å². The molecule has 4 nitrogen and oxygen atoms in total. The fraction of sp³-hybridized carbons (Fsp3) is 0.967. The van der Waals surface area contributed by atoms with Gasteiger partial charge in [0.1, 0.15) is 11.8 Å². The van der Waals surface area contributed by atoms with Crippen LogP contribution in [0.1, 0.15) is 98.8 Å². The van der Waals surface area contributed by atoms with Crippen LogP contribution in [-0.2, 0) is 14.3 Å². The number of piperidine rings is 1. The lowest BCUT2D eigenvalue weighted by Crippen LogP contribution is -2.58. The molecule has 0 aromatic rings. The number of hydrogen-bond donors (Lipinski definition) is 0. The number of likely N-dealkylation sites (tertiary alicyclic amines) is 1. The summed E-state index contributed by atoms with van der Waals surface area (Å²) in [4.78, 5) is 14.2. The highest BCUT2D eigenvalue weighted by atomic mass is 16.5. The van der Waals surface area contributed by atoms with Crippen LogP contribution in [0.3, 0.4) is 0 Å². The van der Waals surface area contributed by atoms with Gasteiger partial charge in [-0.25, -0.2) is 0 Å². The molecule has 0 aromatic carbocycles. The summed E-state index contributed by atoms with van der Waals surface area (Å²) in [6.45, 7) is 13.0. The molecule has 34 heavy (non-hydrogen) atoms. The number of ether oxygens (including phenoxy) is 2. The Hall–Kier alpha value is -0.610. The van der Waals surface area contributed by atoms with E-state index in [2.05, 4.69) is 39.6 Å². The molecule has 12 atom stereocenters. The van der Waals surface area contributed by atoms with Crippen molar-refractivity contribution in [1.29, 1.82) is 0 Å². The fourth-order valence-electron chi connectivity index (χ4n) is 11.3. The van der Waals surface area contributed by atoms with Crippen molar-refractivity contribution in [2.75, 3.05) is 13.6 Å².